The molecule has 0 spiro atoms. The maximum absolute atomic E-state index is 12.0. The number of carbonyl (C=O) groups is 1. The van der Waals surface area contributed by atoms with Crippen LogP contribution in [0.4, 0.5) is 5.82 Å². The molecular weight excluding hydrogens is 298 g/mol. The summed E-state index contributed by atoms with van der Waals surface area (Å²) in [4.78, 5) is 12.0. The van der Waals surface area contributed by atoms with Gasteiger partial charge in [0.1, 0.15) is 5.75 Å². The normalized spacial score (nSPS) is 10.5. The summed E-state index contributed by atoms with van der Waals surface area (Å²) in [6.07, 6.45) is 2.36. The molecule has 3 aromatic rings. The van der Waals surface area contributed by atoms with Crippen molar-refractivity contribution in [2.24, 2.45) is 0 Å². The number of rotatable bonds is 6. The van der Waals surface area contributed by atoms with E-state index in [1.54, 1.807) is 12.1 Å². The van der Waals surface area contributed by atoms with Crippen LogP contribution >= 0.6 is 0 Å². The summed E-state index contributed by atoms with van der Waals surface area (Å²) in [5.74, 6) is 0.763. The van der Waals surface area contributed by atoms with Crippen LogP contribution in [-0.2, 0) is 0 Å². The lowest BCUT2D eigenvalue weighted by molar-refractivity contribution is 0.0995. The lowest BCUT2D eigenvalue weighted by atomic mass is 10.1. The van der Waals surface area contributed by atoms with Gasteiger partial charge >= 0.3 is 0 Å². The van der Waals surface area contributed by atoms with Gasteiger partial charge in [-0.15, -0.1) is 0 Å². The average molecular weight is 313 g/mol. The Morgan fingerprint density at radius 1 is 1.22 bits per heavy atom. The average Bonchev–Trinajstić information content (AvgIpc) is 3.25. The summed E-state index contributed by atoms with van der Waals surface area (Å²) in [5.41, 5.74) is 1.19. The van der Waals surface area contributed by atoms with E-state index in [4.69, 9.17) is 13.8 Å². The van der Waals surface area contributed by atoms with E-state index in [0.29, 0.717) is 12.3 Å². The van der Waals surface area contributed by atoms with Gasteiger partial charge in [0.15, 0.2) is 11.5 Å². The molecule has 2 aromatic heterocycles. The van der Waals surface area contributed by atoms with Crippen molar-refractivity contribution >= 4 is 11.7 Å². The molecule has 0 fully saturated rings. The first-order chi connectivity index (χ1) is 11.3. The van der Waals surface area contributed by atoms with Crippen LogP contribution in [0.15, 0.2) is 51.7 Å². The van der Waals surface area contributed by atoms with E-state index in [0.717, 1.165) is 17.7 Å². The molecule has 7 nitrogen and oxygen atoms in total. The number of hydrogen-bond acceptors (Lipinski definition) is 6. The number of furan rings is 1. The third kappa shape index (κ3) is 3.39. The van der Waals surface area contributed by atoms with Gasteiger partial charge in [-0.2, -0.15) is 0 Å². The third-order valence-electron chi connectivity index (χ3n) is 3.07. The van der Waals surface area contributed by atoms with Crippen LogP contribution in [-0.4, -0.2) is 22.8 Å². The Morgan fingerprint density at radius 3 is 2.74 bits per heavy atom. The third-order valence-corrected chi connectivity index (χ3v) is 3.07. The molecule has 1 N–H and O–H groups in total. The van der Waals surface area contributed by atoms with Crippen LogP contribution in [0.1, 0.15) is 23.9 Å². The van der Waals surface area contributed by atoms with Crippen molar-refractivity contribution < 1.29 is 18.6 Å². The zero-order valence-corrected chi connectivity index (χ0v) is 12.5. The quantitative estimate of drug-likeness (QED) is 0.750. The minimum Gasteiger partial charge on any atom is -0.494 e. The molecule has 0 saturated heterocycles. The molecule has 2 heterocycles. The fourth-order valence-corrected chi connectivity index (χ4v) is 1.97. The predicted octanol–water partition coefficient (Wildman–Crippen LogP) is 3.37. The maximum Gasteiger partial charge on any atom is 0.292 e. The molecule has 0 atom stereocenters. The van der Waals surface area contributed by atoms with Crippen molar-refractivity contribution in [1.82, 2.24) is 10.3 Å². The smallest absolute Gasteiger partial charge is 0.292 e. The van der Waals surface area contributed by atoms with Crippen molar-refractivity contribution in [1.29, 1.82) is 0 Å². The second-order valence-corrected chi connectivity index (χ2v) is 4.77. The molecule has 0 bridgehead atoms. The van der Waals surface area contributed by atoms with Crippen molar-refractivity contribution in [3.8, 4) is 17.0 Å². The number of hydrogen-bond donors (Lipinski definition) is 1. The molecule has 0 saturated carbocycles. The molecule has 3 rings (SSSR count). The van der Waals surface area contributed by atoms with E-state index in [9.17, 15) is 4.79 Å². The number of benzene rings is 1. The number of ether oxygens (including phenoxy) is 1. The molecular formula is C16H15N3O4. The number of anilines is 1. The molecule has 0 aliphatic carbocycles. The topological polar surface area (TPSA) is 90.4 Å². The van der Waals surface area contributed by atoms with Gasteiger partial charge in [-0.1, -0.05) is 6.92 Å². The van der Waals surface area contributed by atoms with Crippen molar-refractivity contribution in [3.05, 3.63) is 48.4 Å². The Hall–Kier alpha value is -3.09. The van der Waals surface area contributed by atoms with Crippen molar-refractivity contribution in [2.45, 2.75) is 13.3 Å². The Bertz CT molecular complexity index is 763. The van der Waals surface area contributed by atoms with Crippen LogP contribution in [0.2, 0.25) is 0 Å². The SMILES string of the molecule is CCCOc1ccc(-c2nonc2NC(=O)c2ccco2)cc1. The number of aromatic nitrogens is 2. The summed E-state index contributed by atoms with van der Waals surface area (Å²) in [6, 6.07) is 10.5. The first-order valence-corrected chi connectivity index (χ1v) is 7.18. The van der Waals surface area contributed by atoms with Gasteiger partial charge in [0.05, 0.1) is 12.9 Å². The van der Waals surface area contributed by atoms with E-state index < -0.39 is 5.91 Å². The molecule has 118 valence electrons. The molecule has 7 heteroatoms. The fourth-order valence-electron chi connectivity index (χ4n) is 1.97. The van der Waals surface area contributed by atoms with Crippen molar-refractivity contribution in [3.63, 3.8) is 0 Å². The second-order valence-electron chi connectivity index (χ2n) is 4.77. The monoisotopic (exact) mass is 313 g/mol. The van der Waals surface area contributed by atoms with Crippen LogP contribution in [0, 0.1) is 0 Å². The van der Waals surface area contributed by atoms with E-state index in [-0.39, 0.29) is 11.6 Å². The van der Waals surface area contributed by atoms with Gasteiger partial charge in [-0.05, 0) is 53.1 Å². The second kappa shape index (κ2) is 6.78. The number of carbonyl (C=O) groups excluding carboxylic acids is 1. The van der Waals surface area contributed by atoms with Gasteiger partial charge in [-0.25, -0.2) is 4.63 Å². The summed E-state index contributed by atoms with van der Waals surface area (Å²) >= 11 is 0. The summed E-state index contributed by atoms with van der Waals surface area (Å²) in [7, 11) is 0. The number of nitrogens with one attached hydrogen (secondary N) is 1. The molecule has 1 amide bonds. The number of amides is 1. The molecule has 0 radical (unpaired) electrons. The predicted molar refractivity (Wildman–Crippen MR) is 82.2 cm³/mol. The van der Waals surface area contributed by atoms with Gasteiger partial charge < -0.3 is 9.15 Å². The molecule has 0 aliphatic heterocycles. The lowest BCUT2D eigenvalue weighted by Gasteiger charge is -2.05. The van der Waals surface area contributed by atoms with Gasteiger partial charge in [0.25, 0.3) is 5.91 Å². The standard InChI is InChI=1S/C16H15N3O4/c1-2-9-21-12-7-5-11(6-8-12)14-15(19-23-18-14)17-16(20)13-4-3-10-22-13/h3-8,10H,2,9H2,1H3,(H,17,19,20). The summed E-state index contributed by atoms with van der Waals surface area (Å²) < 4.78 is 15.3. The van der Waals surface area contributed by atoms with Crippen LogP contribution < -0.4 is 10.1 Å². The van der Waals surface area contributed by atoms with Crippen LogP contribution in [0.5, 0.6) is 5.75 Å². The highest BCUT2D eigenvalue weighted by atomic mass is 16.6. The molecule has 23 heavy (non-hydrogen) atoms. The zero-order chi connectivity index (χ0) is 16.1. The van der Waals surface area contributed by atoms with Crippen molar-refractivity contribution in [2.75, 3.05) is 11.9 Å². The Labute approximate surface area is 132 Å². The Kier molecular flexibility index (Phi) is 4.37. The van der Waals surface area contributed by atoms with E-state index in [1.807, 2.05) is 31.2 Å². The fraction of sp³-hybridized carbons (Fsp3) is 0.188. The first kappa shape index (κ1) is 14.8. The maximum atomic E-state index is 12.0. The Balaban J connectivity index is 1.76. The number of nitrogens with zero attached hydrogens (tertiary/aromatic N) is 2. The molecule has 0 unspecified atom stereocenters. The highest BCUT2D eigenvalue weighted by Gasteiger charge is 2.17. The lowest BCUT2D eigenvalue weighted by Crippen LogP contribution is -2.11. The summed E-state index contributed by atoms with van der Waals surface area (Å²) in [5, 5.41) is 10.2. The minimum atomic E-state index is -0.421. The van der Waals surface area contributed by atoms with Crippen LogP contribution in [0.3, 0.4) is 0 Å². The Morgan fingerprint density at radius 2 is 2.04 bits per heavy atom. The van der Waals surface area contributed by atoms with Gasteiger partial charge in [0.2, 0.25) is 5.82 Å². The highest BCUT2D eigenvalue weighted by molar-refractivity contribution is 6.03. The molecule has 0 aliphatic rings. The molecule has 1 aromatic carbocycles. The van der Waals surface area contributed by atoms with E-state index >= 15 is 0 Å². The van der Waals surface area contributed by atoms with Crippen LogP contribution in [0.25, 0.3) is 11.3 Å². The minimum absolute atomic E-state index is 0.183. The highest BCUT2D eigenvalue weighted by Crippen LogP contribution is 2.26. The van der Waals surface area contributed by atoms with E-state index in [2.05, 4.69) is 15.6 Å². The first-order valence-electron chi connectivity index (χ1n) is 7.18. The largest absolute Gasteiger partial charge is 0.494 e. The van der Waals surface area contributed by atoms with E-state index in [1.165, 1.54) is 6.26 Å². The summed E-state index contributed by atoms with van der Waals surface area (Å²) in [6.45, 7) is 2.71. The van der Waals surface area contributed by atoms with Gasteiger partial charge in [0, 0.05) is 5.56 Å². The zero-order valence-electron chi connectivity index (χ0n) is 12.5. The van der Waals surface area contributed by atoms with Gasteiger partial charge in [-0.3, -0.25) is 10.1 Å².